The SMILES string of the molecule is CCOc1ccc(C(=O)NCc2cccc(NC(=O)CC#N)c2)cc1. The van der Waals surface area contributed by atoms with Crippen LogP contribution in [0.1, 0.15) is 29.3 Å². The molecule has 2 amide bonds. The van der Waals surface area contributed by atoms with Crippen molar-refractivity contribution in [3.05, 3.63) is 59.7 Å². The van der Waals surface area contributed by atoms with Crippen LogP contribution in [-0.4, -0.2) is 18.4 Å². The Labute approximate surface area is 146 Å². The molecular weight excluding hydrogens is 318 g/mol. The fourth-order valence-electron chi connectivity index (χ4n) is 2.19. The summed E-state index contributed by atoms with van der Waals surface area (Å²) in [5.41, 5.74) is 1.98. The molecule has 0 bridgehead atoms. The quantitative estimate of drug-likeness (QED) is 0.813. The molecule has 0 spiro atoms. The summed E-state index contributed by atoms with van der Waals surface area (Å²) in [7, 11) is 0. The van der Waals surface area contributed by atoms with Gasteiger partial charge in [-0.05, 0) is 48.9 Å². The number of nitriles is 1. The number of anilines is 1. The molecule has 0 heterocycles. The molecule has 2 aromatic rings. The molecule has 2 N–H and O–H groups in total. The summed E-state index contributed by atoms with van der Waals surface area (Å²) in [6.07, 6.45) is -0.196. The van der Waals surface area contributed by atoms with Crippen molar-refractivity contribution in [2.24, 2.45) is 0 Å². The Morgan fingerprint density at radius 2 is 1.92 bits per heavy atom. The minimum absolute atomic E-state index is 0.193. The fourth-order valence-corrected chi connectivity index (χ4v) is 2.19. The number of hydrogen-bond acceptors (Lipinski definition) is 4. The smallest absolute Gasteiger partial charge is 0.251 e. The summed E-state index contributed by atoms with van der Waals surface area (Å²) < 4.78 is 5.35. The molecule has 0 atom stereocenters. The molecule has 0 aliphatic rings. The third-order valence-electron chi connectivity index (χ3n) is 3.33. The van der Waals surface area contributed by atoms with Crippen molar-refractivity contribution < 1.29 is 14.3 Å². The molecule has 0 radical (unpaired) electrons. The molecule has 0 saturated heterocycles. The van der Waals surface area contributed by atoms with Gasteiger partial charge in [0.2, 0.25) is 5.91 Å². The number of carbonyl (C=O) groups is 2. The van der Waals surface area contributed by atoms with Crippen LogP contribution in [0.5, 0.6) is 5.75 Å². The lowest BCUT2D eigenvalue weighted by atomic mass is 10.1. The van der Waals surface area contributed by atoms with Gasteiger partial charge < -0.3 is 15.4 Å². The van der Waals surface area contributed by atoms with Crippen molar-refractivity contribution in [1.29, 1.82) is 5.26 Å². The molecule has 6 nitrogen and oxygen atoms in total. The van der Waals surface area contributed by atoms with Gasteiger partial charge in [-0.3, -0.25) is 9.59 Å². The number of nitrogens with one attached hydrogen (secondary N) is 2. The molecule has 0 fully saturated rings. The molecule has 6 heteroatoms. The predicted octanol–water partition coefficient (Wildman–Crippen LogP) is 2.87. The van der Waals surface area contributed by atoms with E-state index in [1.54, 1.807) is 48.5 Å². The van der Waals surface area contributed by atoms with Gasteiger partial charge in [0.15, 0.2) is 0 Å². The van der Waals surface area contributed by atoms with Gasteiger partial charge in [0.05, 0.1) is 12.7 Å². The molecule has 2 rings (SSSR count). The summed E-state index contributed by atoms with van der Waals surface area (Å²) in [5, 5.41) is 14.0. The maximum Gasteiger partial charge on any atom is 0.251 e. The highest BCUT2D eigenvalue weighted by Crippen LogP contribution is 2.13. The number of nitrogens with zero attached hydrogens (tertiary/aromatic N) is 1. The monoisotopic (exact) mass is 337 g/mol. The number of amides is 2. The summed E-state index contributed by atoms with van der Waals surface area (Å²) >= 11 is 0. The van der Waals surface area contributed by atoms with E-state index in [4.69, 9.17) is 10.00 Å². The van der Waals surface area contributed by atoms with Crippen LogP contribution >= 0.6 is 0 Å². The Bertz CT molecular complexity index is 779. The third kappa shape index (κ3) is 5.66. The second-order valence-corrected chi connectivity index (χ2v) is 5.22. The van der Waals surface area contributed by atoms with Crippen molar-refractivity contribution in [2.75, 3.05) is 11.9 Å². The summed E-state index contributed by atoms with van der Waals surface area (Å²) in [4.78, 5) is 23.6. The van der Waals surface area contributed by atoms with E-state index < -0.39 is 0 Å². The highest BCUT2D eigenvalue weighted by Gasteiger charge is 2.06. The van der Waals surface area contributed by atoms with Crippen molar-refractivity contribution in [1.82, 2.24) is 5.32 Å². The van der Waals surface area contributed by atoms with Gasteiger partial charge in [-0.15, -0.1) is 0 Å². The second-order valence-electron chi connectivity index (χ2n) is 5.22. The van der Waals surface area contributed by atoms with Gasteiger partial charge >= 0.3 is 0 Å². The number of rotatable bonds is 7. The average Bonchev–Trinajstić information content (AvgIpc) is 2.61. The van der Waals surface area contributed by atoms with E-state index >= 15 is 0 Å². The normalized spacial score (nSPS) is 9.76. The first-order valence-corrected chi connectivity index (χ1v) is 7.89. The summed E-state index contributed by atoms with van der Waals surface area (Å²) in [6, 6.07) is 15.8. The standard InChI is InChI=1S/C19H19N3O3/c1-2-25-17-8-6-15(7-9-17)19(24)21-13-14-4-3-5-16(12-14)22-18(23)10-11-20/h3-9,12H,2,10,13H2,1H3,(H,21,24)(H,22,23). The zero-order valence-electron chi connectivity index (χ0n) is 13.9. The minimum atomic E-state index is -0.363. The molecule has 0 aromatic heterocycles. The van der Waals surface area contributed by atoms with E-state index in [1.807, 2.05) is 13.0 Å². The van der Waals surface area contributed by atoms with E-state index in [1.165, 1.54) is 0 Å². The van der Waals surface area contributed by atoms with Crippen LogP contribution in [0.4, 0.5) is 5.69 Å². The summed E-state index contributed by atoms with van der Waals surface area (Å²) in [5.74, 6) is 0.167. The second kappa shape index (κ2) is 9.08. The van der Waals surface area contributed by atoms with E-state index in [-0.39, 0.29) is 18.2 Å². The first-order valence-electron chi connectivity index (χ1n) is 7.89. The Hall–Kier alpha value is -3.33. The lowest BCUT2D eigenvalue weighted by molar-refractivity contribution is -0.115. The van der Waals surface area contributed by atoms with Crippen LogP contribution in [0.15, 0.2) is 48.5 Å². The topological polar surface area (TPSA) is 91.2 Å². The average molecular weight is 337 g/mol. The predicted molar refractivity (Wildman–Crippen MR) is 94.1 cm³/mol. The van der Waals surface area contributed by atoms with Crippen LogP contribution in [0.2, 0.25) is 0 Å². The van der Waals surface area contributed by atoms with Crippen molar-refractivity contribution >= 4 is 17.5 Å². The Morgan fingerprint density at radius 1 is 1.16 bits per heavy atom. The highest BCUT2D eigenvalue weighted by molar-refractivity contribution is 5.94. The van der Waals surface area contributed by atoms with E-state index in [2.05, 4.69) is 10.6 Å². The van der Waals surface area contributed by atoms with Crippen molar-refractivity contribution in [3.63, 3.8) is 0 Å². The lowest BCUT2D eigenvalue weighted by Crippen LogP contribution is -2.22. The first-order chi connectivity index (χ1) is 12.1. The Kier molecular flexibility index (Phi) is 6.55. The number of carbonyl (C=O) groups excluding carboxylic acids is 2. The summed E-state index contributed by atoms with van der Waals surface area (Å²) in [6.45, 7) is 2.80. The van der Waals surface area contributed by atoms with Gasteiger partial charge in [-0.1, -0.05) is 12.1 Å². The van der Waals surface area contributed by atoms with E-state index in [0.29, 0.717) is 24.4 Å². The van der Waals surface area contributed by atoms with E-state index in [0.717, 1.165) is 11.3 Å². The Morgan fingerprint density at radius 3 is 2.60 bits per heavy atom. The molecule has 2 aromatic carbocycles. The third-order valence-corrected chi connectivity index (χ3v) is 3.33. The van der Waals surface area contributed by atoms with Gasteiger partial charge in [0, 0.05) is 17.8 Å². The molecule has 0 aliphatic carbocycles. The van der Waals surface area contributed by atoms with Crippen LogP contribution < -0.4 is 15.4 Å². The first kappa shape index (κ1) is 18.0. The largest absolute Gasteiger partial charge is 0.494 e. The van der Waals surface area contributed by atoms with Gasteiger partial charge in [-0.25, -0.2) is 0 Å². The molecular formula is C19H19N3O3. The lowest BCUT2D eigenvalue weighted by Gasteiger charge is -2.09. The van der Waals surface area contributed by atoms with Crippen LogP contribution in [0.25, 0.3) is 0 Å². The fraction of sp³-hybridized carbons (Fsp3) is 0.211. The number of benzene rings is 2. The molecule has 0 saturated carbocycles. The molecule has 25 heavy (non-hydrogen) atoms. The Balaban J connectivity index is 1.93. The number of hydrogen-bond donors (Lipinski definition) is 2. The van der Waals surface area contributed by atoms with Gasteiger partial charge in [0.25, 0.3) is 5.91 Å². The molecule has 0 aliphatic heterocycles. The van der Waals surface area contributed by atoms with Crippen LogP contribution in [0.3, 0.4) is 0 Å². The maximum absolute atomic E-state index is 12.2. The van der Waals surface area contributed by atoms with Crippen molar-refractivity contribution in [2.45, 2.75) is 19.9 Å². The van der Waals surface area contributed by atoms with Crippen molar-refractivity contribution in [3.8, 4) is 11.8 Å². The molecule has 128 valence electrons. The zero-order valence-corrected chi connectivity index (χ0v) is 13.9. The van der Waals surface area contributed by atoms with Gasteiger partial charge in [-0.2, -0.15) is 5.26 Å². The highest BCUT2D eigenvalue weighted by atomic mass is 16.5. The molecule has 0 unspecified atom stereocenters. The van der Waals surface area contributed by atoms with Crippen LogP contribution in [-0.2, 0) is 11.3 Å². The van der Waals surface area contributed by atoms with Crippen LogP contribution in [0, 0.1) is 11.3 Å². The maximum atomic E-state index is 12.2. The van der Waals surface area contributed by atoms with E-state index in [9.17, 15) is 9.59 Å². The van der Waals surface area contributed by atoms with Gasteiger partial charge in [0.1, 0.15) is 12.2 Å². The zero-order chi connectivity index (χ0) is 18.1. The number of ether oxygens (including phenoxy) is 1. The minimum Gasteiger partial charge on any atom is -0.494 e.